The van der Waals surface area contributed by atoms with Crippen LogP contribution in [0.4, 0.5) is 0 Å². The molecule has 70 valence electrons. The summed E-state index contributed by atoms with van der Waals surface area (Å²) in [6.45, 7) is 3.27. The van der Waals surface area contributed by atoms with E-state index in [0.29, 0.717) is 12.9 Å². The first kappa shape index (κ1) is 8.52. The Balaban J connectivity index is 1.69. The molecule has 12 heavy (non-hydrogen) atoms. The lowest BCUT2D eigenvalue weighted by Crippen LogP contribution is -2.21. The minimum atomic E-state index is 0.504. The molecular formula is C10H18O2. The summed E-state index contributed by atoms with van der Waals surface area (Å²) in [7, 11) is 0. The van der Waals surface area contributed by atoms with E-state index in [0.717, 1.165) is 18.4 Å². The van der Waals surface area contributed by atoms with Crippen LogP contribution in [-0.4, -0.2) is 19.5 Å². The fourth-order valence-electron chi connectivity index (χ4n) is 2.61. The smallest absolute Gasteiger partial charge is 0.147 e. The van der Waals surface area contributed by atoms with Crippen LogP contribution in [0.5, 0.6) is 0 Å². The third kappa shape index (κ3) is 1.64. The first-order valence-electron chi connectivity index (χ1n) is 5.09. The van der Waals surface area contributed by atoms with Gasteiger partial charge in [0.1, 0.15) is 6.79 Å². The van der Waals surface area contributed by atoms with E-state index in [4.69, 9.17) is 9.47 Å². The number of hydrogen-bond acceptors (Lipinski definition) is 2. The average Bonchev–Trinajstić information content (AvgIpc) is 2.65. The molecule has 0 aromatic carbocycles. The standard InChI is InChI=1S/C10H18O2/c1-2-11-7-12-10-6-8-3-4-9(10)5-8/h8-10H,2-7H2,1H3. The lowest BCUT2D eigenvalue weighted by molar-refractivity contribution is -0.101. The van der Waals surface area contributed by atoms with Crippen molar-refractivity contribution in [2.75, 3.05) is 13.4 Å². The van der Waals surface area contributed by atoms with Crippen molar-refractivity contribution in [1.82, 2.24) is 0 Å². The van der Waals surface area contributed by atoms with Gasteiger partial charge in [-0.2, -0.15) is 0 Å². The highest BCUT2D eigenvalue weighted by Crippen LogP contribution is 2.45. The molecule has 0 amide bonds. The van der Waals surface area contributed by atoms with Gasteiger partial charge in [0.05, 0.1) is 6.10 Å². The summed E-state index contributed by atoms with van der Waals surface area (Å²) in [4.78, 5) is 0. The Morgan fingerprint density at radius 3 is 2.75 bits per heavy atom. The quantitative estimate of drug-likeness (QED) is 0.475. The minimum absolute atomic E-state index is 0.504. The molecule has 0 aliphatic heterocycles. The lowest BCUT2D eigenvalue weighted by atomic mass is 9.98. The molecule has 0 N–H and O–H groups in total. The van der Waals surface area contributed by atoms with Gasteiger partial charge in [0.25, 0.3) is 0 Å². The first-order valence-corrected chi connectivity index (χ1v) is 5.09. The predicted octanol–water partition coefficient (Wildman–Crippen LogP) is 2.19. The molecule has 2 aliphatic carbocycles. The van der Waals surface area contributed by atoms with E-state index in [9.17, 15) is 0 Å². The molecule has 0 aromatic heterocycles. The van der Waals surface area contributed by atoms with Crippen LogP contribution in [0.25, 0.3) is 0 Å². The van der Waals surface area contributed by atoms with Crippen molar-refractivity contribution in [3.8, 4) is 0 Å². The van der Waals surface area contributed by atoms with Gasteiger partial charge in [0.2, 0.25) is 0 Å². The van der Waals surface area contributed by atoms with Crippen molar-refractivity contribution in [2.24, 2.45) is 11.8 Å². The summed E-state index contributed by atoms with van der Waals surface area (Å²) in [5, 5.41) is 0. The van der Waals surface area contributed by atoms with Crippen LogP contribution in [0.1, 0.15) is 32.6 Å². The normalized spacial score (nSPS) is 39.2. The Labute approximate surface area is 74.2 Å². The van der Waals surface area contributed by atoms with Crippen LogP contribution in [0.15, 0.2) is 0 Å². The van der Waals surface area contributed by atoms with E-state index >= 15 is 0 Å². The molecule has 3 unspecified atom stereocenters. The molecule has 2 nitrogen and oxygen atoms in total. The van der Waals surface area contributed by atoms with E-state index in [1.165, 1.54) is 25.7 Å². The second-order valence-electron chi connectivity index (χ2n) is 3.99. The van der Waals surface area contributed by atoms with Crippen LogP contribution < -0.4 is 0 Å². The first-order chi connectivity index (χ1) is 5.90. The van der Waals surface area contributed by atoms with Crippen LogP contribution in [0.2, 0.25) is 0 Å². The Kier molecular flexibility index (Phi) is 2.66. The van der Waals surface area contributed by atoms with E-state index in [1.807, 2.05) is 6.92 Å². The molecule has 0 heterocycles. The molecule has 0 spiro atoms. The fraction of sp³-hybridized carbons (Fsp3) is 1.00. The highest BCUT2D eigenvalue weighted by atomic mass is 16.7. The zero-order valence-corrected chi connectivity index (χ0v) is 7.79. The Morgan fingerprint density at radius 1 is 1.25 bits per heavy atom. The second-order valence-corrected chi connectivity index (χ2v) is 3.99. The largest absolute Gasteiger partial charge is 0.356 e. The van der Waals surface area contributed by atoms with Crippen molar-refractivity contribution in [3.63, 3.8) is 0 Å². The van der Waals surface area contributed by atoms with Crippen LogP contribution in [0.3, 0.4) is 0 Å². The summed E-state index contributed by atoms with van der Waals surface area (Å²) >= 11 is 0. The van der Waals surface area contributed by atoms with Crippen LogP contribution in [0, 0.1) is 11.8 Å². The zero-order chi connectivity index (χ0) is 8.39. The number of fused-ring (bicyclic) bond motifs is 2. The molecule has 0 aromatic rings. The van der Waals surface area contributed by atoms with Crippen LogP contribution >= 0.6 is 0 Å². The maximum Gasteiger partial charge on any atom is 0.147 e. The van der Waals surface area contributed by atoms with Gasteiger partial charge in [-0.05, 0) is 44.4 Å². The molecule has 2 aliphatic rings. The summed E-state index contributed by atoms with van der Waals surface area (Å²) in [5.41, 5.74) is 0. The molecule has 2 fully saturated rings. The predicted molar refractivity (Wildman–Crippen MR) is 46.8 cm³/mol. The Hall–Kier alpha value is -0.0800. The van der Waals surface area contributed by atoms with Crippen molar-refractivity contribution in [3.05, 3.63) is 0 Å². The lowest BCUT2D eigenvalue weighted by Gasteiger charge is -2.21. The molecule has 3 atom stereocenters. The SMILES string of the molecule is CCOCOC1CC2CCC1C2. The molecule has 2 saturated carbocycles. The van der Waals surface area contributed by atoms with Gasteiger partial charge in [0.15, 0.2) is 0 Å². The average molecular weight is 170 g/mol. The van der Waals surface area contributed by atoms with E-state index < -0.39 is 0 Å². The van der Waals surface area contributed by atoms with Gasteiger partial charge in [-0.15, -0.1) is 0 Å². The molecular weight excluding hydrogens is 152 g/mol. The molecule has 2 rings (SSSR count). The Morgan fingerprint density at radius 2 is 2.17 bits per heavy atom. The fourth-order valence-corrected chi connectivity index (χ4v) is 2.61. The molecule has 2 bridgehead atoms. The maximum absolute atomic E-state index is 5.66. The highest BCUT2D eigenvalue weighted by Gasteiger charge is 2.39. The van der Waals surface area contributed by atoms with Gasteiger partial charge in [-0.3, -0.25) is 0 Å². The highest BCUT2D eigenvalue weighted by molar-refractivity contribution is 4.90. The van der Waals surface area contributed by atoms with E-state index in [2.05, 4.69) is 0 Å². The topological polar surface area (TPSA) is 18.5 Å². The van der Waals surface area contributed by atoms with Crippen molar-refractivity contribution < 1.29 is 9.47 Å². The zero-order valence-electron chi connectivity index (χ0n) is 7.79. The van der Waals surface area contributed by atoms with Gasteiger partial charge in [-0.1, -0.05) is 0 Å². The van der Waals surface area contributed by atoms with Gasteiger partial charge < -0.3 is 9.47 Å². The van der Waals surface area contributed by atoms with E-state index in [1.54, 1.807) is 0 Å². The number of rotatable bonds is 4. The van der Waals surface area contributed by atoms with Crippen LogP contribution in [-0.2, 0) is 9.47 Å². The monoisotopic (exact) mass is 170 g/mol. The van der Waals surface area contributed by atoms with Gasteiger partial charge in [0, 0.05) is 6.61 Å². The molecule has 0 saturated heterocycles. The van der Waals surface area contributed by atoms with Gasteiger partial charge in [-0.25, -0.2) is 0 Å². The third-order valence-corrected chi connectivity index (χ3v) is 3.24. The van der Waals surface area contributed by atoms with Gasteiger partial charge >= 0.3 is 0 Å². The van der Waals surface area contributed by atoms with Crippen molar-refractivity contribution >= 4 is 0 Å². The van der Waals surface area contributed by atoms with E-state index in [-0.39, 0.29) is 0 Å². The summed E-state index contributed by atoms with van der Waals surface area (Å²) in [6, 6.07) is 0. The summed E-state index contributed by atoms with van der Waals surface area (Å²) in [5.74, 6) is 1.83. The Bertz CT molecular complexity index is 147. The molecule has 0 radical (unpaired) electrons. The maximum atomic E-state index is 5.66. The summed E-state index contributed by atoms with van der Waals surface area (Å²) in [6.07, 6.45) is 6.06. The number of ether oxygens (including phenoxy) is 2. The summed E-state index contributed by atoms with van der Waals surface area (Å²) < 4.78 is 10.8. The van der Waals surface area contributed by atoms with Crippen molar-refractivity contribution in [1.29, 1.82) is 0 Å². The minimum Gasteiger partial charge on any atom is -0.356 e. The second kappa shape index (κ2) is 3.75. The molecule has 2 heteroatoms. The number of hydrogen-bond donors (Lipinski definition) is 0. The van der Waals surface area contributed by atoms with Crippen molar-refractivity contribution in [2.45, 2.75) is 38.7 Å². The third-order valence-electron chi connectivity index (χ3n) is 3.24.